The third-order valence-corrected chi connectivity index (χ3v) is 6.13. The van der Waals surface area contributed by atoms with E-state index >= 15 is 0 Å². The Balaban J connectivity index is 1.91. The van der Waals surface area contributed by atoms with Crippen molar-refractivity contribution in [1.29, 1.82) is 0 Å². The Hall–Kier alpha value is -1.96. The van der Waals surface area contributed by atoms with Crippen molar-refractivity contribution in [2.75, 3.05) is 33.4 Å². The van der Waals surface area contributed by atoms with Crippen molar-refractivity contribution < 1.29 is 14.6 Å². The lowest BCUT2D eigenvalue weighted by molar-refractivity contribution is 0.0435. The number of hydrogen-bond donors (Lipinski definition) is 2. The molecule has 1 aromatic carbocycles. The molecule has 1 saturated heterocycles. The highest BCUT2D eigenvalue weighted by Gasteiger charge is 2.34. The van der Waals surface area contributed by atoms with E-state index in [-0.39, 0.29) is 17.9 Å². The maximum atomic E-state index is 13.9. The molecular weight excluding hydrogens is 392 g/mol. The first-order valence-corrected chi connectivity index (χ1v) is 11.6. The minimum Gasteiger partial charge on any atom is -0.393 e. The van der Waals surface area contributed by atoms with Crippen LogP contribution >= 0.6 is 0 Å². The summed E-state index contributed by atoms with van der Waals surface area (Å²) in [4.78, 5) is 20.6. The number of carbonyl (C=O) groups excluding carboxylic acids is 1. The molecule has 0 spiro atoms. The van der Waals surface area contributed by atoms with Gasteiger partial charge >= 0.3 is 0 Å². The summed E-state index contributed by atoms with van der Waals surface area (Å²) in [6.07, 6.45) is 2.27. The molecule has 0 aliphatic carbocycles. The van der Waals surface area contributed by atoms with Gasteiger partial charge in [0.25, 0.3) is 5.91 Å². The fraction of sp³-hybridized carbons (Fsp3) is 0.667. The molecule has 0 radical (unpaired) electrons. The van der Waals surface area contributed by atoms with Gasteiger partial charge in [0.05, 0.1) is 17.1 Å². The molecule has 3 atom stereocenters. The Morgan fingerprint density at radius 2 is 2.06 bits per heavy atom. The van der Waals surface area contributed by atoms with Crippen LogP contribution in [0.3, 0.4) is 0 Å². The zero-order valence-electron chi connectivity index (χ0n) is 19.4. The summed E-state index contributed by atoms with van der Waals surface area (Å²) in [7, 11) is 1.71. The molecular formula is C24H38N4O3. The van der Waals surface area contributed by atoms with Crippen LogP contribution in [0.5, 0.6) is 0 Å². The highest BCUT2D eigenvalue weighted by Crippen LogP contribution is 2.24. The highest BCUT2D eigenvalue weighted by molar-refractivity contribution is 5.95. The van der Waals surface area contributed by atoms with Crippen LogP contribution in [-0.2, 0) is 11.3 Å². The molecule has 0 saturated carbocycles. The molecule has 1 amide bonds. The van der Waals surface area contributed by atoms with Gasteiger partial charge in [0, 0.05) is 45.9 Å². The molecule has 3 rings (SSSR count). The van der Waals surface area contributed by atoms with Crippen LogP contribution in [0.4, 0.5) is 0 Å². The van der Waals surface area contributed by atoms with Gasteiger partial charge in [-0.25, -0.2) is 4.98 Å². The molecule has 7 heteroatoms. The van der Waals surface area contributed by atoms with E-state index in [1.807, 2.05) is 36.1 Å². The number of methoxy groups -OCH3 is 1. The number of piperidine rings is 1. The van der Waals surface area contributed by atoms with Crippen LogP contribution in [-0.4, -0.2) is 71.0 Å². The minimum atomic E-state index is -0.392. The number of aromatic nitrogens is 2. The van der Waals surface area contributed by atoms with Gasteiger partial charge < -0.3 is 24.6 Å². The smallest absolute Gasteiger partial charge is 0.290 e. The Bertz CT molecular complexity index is 848. The summed E-state index contributed by atoms with van der Waals surface area (Å²) in [5.74, 6) is 0.984. The molecule has 2 unspecified atom stereocenters. The lowest BCUT2D eigenvalue weighted by Gasteiger charge is -2.39. The number of rotatable bonds is 10. The number of para-hydroxylation sites is 2. The number of aryl methyl sites for hydroxylation is 1. The molecule has 0 bridgehead atoms. The molecule has 172 valence electrons. The quantitative estimate of drug-likeness (QED) is 0.567. The first-order chi connectivity index (χ1) is 14.9. The Labute approximate surface area is 185 Å². The molecule has 1 aliphatic rings. The van der Waals surface area contributed by atoms with E-state index in [4.69, 9.17) is 9.72 Å². The first-order valence-electron chi connectivity index (χ1n) is 11.6. The number of amides is 1. The van der Waals surface area contributed by atoms with Gasteiger partial charge in [0.15, 0.2) is 5.82 Å². The Morgan fingerprint density at radius 3 is 2.77 bits per heavy atom. The van der Waals surface area contributed by atoms with E-state index in [9.17, 15) is 9.90 Å². The number of ether oxygens (including phenoxy) is 1. The lowest BCUT2D eigenvalue weighted by atomic mass is 9.90. The number of carbonyl (C=O) groups is 1. The second kappa shape index (κ2) is 11.1. The number of imidazole rings is 1. The van der Waals surface area contributed by atoms with Gasteiger partial charge in [-0.05, 0) is 50.2 Å². The largest absolute Gasteiger partial charge is 0.393 e. The third kappa shape index (κ3) is 5.84. The van der Waals surface area contributed by atoms with Crippen LogP contribution in [0.25, 0.3) is 11.0 Å². The normalized spacial score (nSPS) is 20.3. The van der Waals surface area contributed by atoms with Crippen molar-refractivity contribution in [3.63, 3.8) is 0 Å². The fourth-order valence-electron chi connectivity index (χ4n) is 4.46. The van der Waals surface area contributed by atoms with Gasteiger partial charge in [0.2, 0.25) is 0 Å². The predicted octanol–water partition coefficient (Wildman–Crippen LogP) is 2.92. The average molecular weight is 431 g/mol. The minimum absolute atomic E-state index is 0.0188. The number of aliphatic hydroxyl groups is 1. The number of aliphatic hydroxyl groups excluding tert-OH is 1. The number of fused-ring (bicyclic) bond motifs is 1. The van der Waals surface area contributed by atoms with Gasteiger partial charge in [-0.3, -0.25) is 4.79 Å². The Morgan fingerprint density at radius 1 is 1.29 bits per heavy atom. The van der Waals surface area contributed by atoms with E-state index in [1.54, 1.807) is 7.11 Å². The maximum Gasteiger partial charge on any atom is 0.290 e. The van der Waals surface area contributed by atoms with Crippen LogP contribution in [0, 0.1) is 11.8 Å². The van der Waals surface area contributed by atoms with E-state index in [2.05, 4.69) is 23.7 Å². The molecule has 2 heterocycles. The second-order valence-corrected chi connectivity index (χ2v) is 9.18. The summed E-state index contributed by atoms with van der Waals surface area (Å²) < 4.78 is 7.26. The van der Waals surface area contributed by atoms with E-state index in [0.29, 0.717) is 24.9 Å². The van der Waals surface area contributed by atoms with E-state index in [1.165, 1.54) is 0 Å². The van der Waals surface area contributed by atoms with Gasteiger partial charge in [-0.15, -0.1) is 0 Å². The third-order valence-electron chi connectivity index (χ3n) is 6.13. The van der Waals surface area contributed by atoms with Crippen LogP contribution in [0.15, 0.2) is 24.3 Å². The van der Waals surface area contributed by atoms with Crippen LogP contribution in [0.2, 0.25) is 0 Å². The zero-order chi connectivity index (χ0) is 22.4. The molecule has 1 aliphatic heterocycles. The maximum absolute atomic E-state index is 13.9. The van der Waals surface area contributed by atoms with Crippen molar-refractivity contribution in [1.82, 2.24) is 19.8 Å². The van der Waals surface area contributed by atoms with Gasteiger partial charge in [-0.2, -0.15) is 0 Å². The van der Waals surface area contributed by atoms with Gasteiger partial charge in [0.1, 0.15) is 0 Å². The van der Waals surface area contributed by atoms with Crippen molar-refractivity contribution in [2.45, 2.75) is 58.7 Å². The topological polar surface area (TPSA) is 79.6 Å². The molecule has 31 heavy (non-hydrogen) atoms. The average Bonchev–Trinajstić information content (AvgIpc) is 3.13. The second-order valence-electron chi connectivity index (χ2n) is 9.18. The van der Waals surface area contributed by atoms with Crippen molar-refractivity contribution in [2.24, 2.45) is 11.8 Å². The molecule has 1 aromatic heterocycles. The number of nitrogens with zero attached hydrogens (tertiary/aromatic N) is 3. The monoisotopic (exact) mass is 430 g/mol. The number of unbranched alkanes of at least 4 members (excludes halogenated alkanes) is 1. The van der Waals surface area contributed by atoms with Crippen LogP contribution in [0.1, 0.15) is 50.7 Å². The Kier molecular flexibility index (Phi) is 8.46. The standard InChI is InChI=1S/C24H38N4O3/c1-17(2)16-28(20-13-19(18(3)29)14-25-15-20)24(30)23-26-21-9-5-6-10-22(21)27(23)11-7-8-12-31-4/h5-6,9-10,17-20,25,29H,7-8,11-16H2,1-4H3/t18?,19?,20-/m0/s1. The molecule has 2 N–H and O–H groups in total. The number of benzene rings is 1. The van der Waals surface area contributed by atoms with Gasteiger partial charge in [-0.1, -0.05) is 26.0 Å². The molecule has 2 aromatic rings. The summed E-state index contributed by atoms with van der Waals surface area (Å²) >= 11 is 0. The number of hydrogen-bond acceptors (Lipinski definition) is 5. The number of nitrogens with one attached hydrogen (secondary N) is 1. The summed E-state index contributed by atoms with van der Waals surface area (Å²) in [5.41, 5.74) is 1.85. The van der Waals surface area contributed by atoms with Crippen molar-refractivity contribution in [3.05, 3.63) is 30.1 Å². The predicted molar refractivity (Wildman–Crippen MR) is 123 cm³/mol. The lowest BCUT2D eigenvalue weighted by Crippen LogP contribution is -2.54. The fourth-order valence-corrected chi connectivity index (χ4v) is 4.46. The van der Waals surface area contributed by atoms with Crippen molar-refractivity contribution in [3.8, 4) is 0 Å². The summed E-state index contributed by atoms with van der Waals surface area (Å²) in [6, 6.07) is 8.01. The van der Waals surface area contributed by atoms with Crippen LogP contribution < -0.4 is 5.32 Å². The van der Waals surface area contributed by atoms with E-state index in [0.717, 1.165) is 49.9 Å². The highest BCUT2D eigenvalue weighted by atomic mass is 16.5. The molecule has 7 nitrogen and oxygen atoms in total. The zero-order valence-corrected chi connectivity index (χ0v) is 19.4. The van der Waals surface area contributed by atoms with Crippen molar-refractivity contribution >= 4 is 16.9 Å². The molecule has 1 fully saturated rings. The summed E-state index contributed by atoms with van der Waals surface area (Å²) in [6.45, 7) is 9.76. The SMILES string of the molecule is COCCCCn1c(C(=O)N(CC(C)C)[C@@H]2CNCC(C(C)O)C2)nc2ccccc21. The summed E-state index contributed by atoms with van der Waals surface area (Å²) in [5, 5.41) is 13.5. The van der Waals surface area contributed by atoms with E-state index < -0.39 is 6.10 Å². The first kappa shape index (κ1) is 23.7.